The lowest BCUT2D eigenvalue weighted by Crippen LogP contribution is -2.31. The van der Waals surface area contributed by atoms with Crippen LogP contribution >= 0.6 is 15.9 Å². The minimum atomic E-state index is -0.837. The summed E-state index contributed by atoms with van der Waals surface area (Å²) in [7, 11) is 0. The molecule has 0 bridgehead atoms. The first kappa shape index (κ1) is 15.0. The number of hydrogen-bond acceptors (Lipinski definition) is 2. The molecular weight excluding hydrogens is 296 g/mol. The van der Waals surface area contributed by atoms with Gasteiger partial charge in [-0.05, 0) is 53.8 Å². The van der Waals surface area contributed by atoms with Gasteiger partial charge in [0, 0.05) is 18.8 Å². The fourth-order valence-electron chi connectivity index (χ4n) is 1.75. The smallest absolute Gasteiger partial charge is 0.407 e. The first-order chi connectivity index (χ1) is 8.63. The van der Waals surface area contributed by atoms with Crippen LogP contribution in [0.2, 0.25) is 0 Å². The Bertz CT molecular complexity index is 375. The van der Waals surface area contributed by atoms with Gasteiger partial charge in [0.15, 0.2) is 0 Å². The van der Waals surface area contributed by atoms with Crippen LogP contribution in [-0.2, 0) is 0 Å². The molecule has 0 radical (unpaired) electrons. The van der Waals surface area contributed by atoms with Crippen LogP contribution in [-0.4, -0.2) is 34.9 Å². The van der Waals surface area contributed by atoms with Crippen LogP contribution in [0.1, 0.15) is 32.6 Å². The van der Waals surface area contributed by atoms with Crippen molar-refractivity contribution in [1.29, 1.82) is 0 Å². The summed E-state index contributed by atoms with van der Waals surface area (Å²) in [5, 5.41) is 8.99. The predicted molar refractivity (Wildman–Crippen MR) is 77.3 cm³/mol. The summed E-state index contributed by atoms with van der Waals surface area (Å²) < 4.78 is 0.853. The molecule has 0 aromatic rings. The molecule has 18 heavy (non-hydrogen) atoms. The summed E-state index contributed by atoms with van der Waals surface area (Å²) in [6.45, 7) is 3.15. The number of aliphatic imine (C=N–C) groups is 1. The highest BCUT2D eigenvalue weighted by Crippen LogP contribution is 2.14. The van der Waals surface area contributed by atoms with Gasteiger partial charge in [-0.3, -0.25) is 0 Å². The zero-order valence-electron chi connectivity index (χ0n) is 10.6. The van der Waals surface area contributed by atoms with Crippen LogP contribution in [0.3, 0.4) is 0 Å². The molecule has 100 valence electrons. The molecule has 1 aliphatic heterocycles. The molecule has 0 aromatic heterocycles. The molecule has 0 aliphatic carbocycles. The van der Waals surface area contributed by atoms with Gasteiger partial charge in [-0.25, -0.2) is 9.79 Å². The second-order valence-corrected chi connectivity index (χ2v) is 4.95. The highest BCUT2D eigenvalue weighted by Gasteiger charge is 2.10. The fraction of sp³-hybridized carbons (Fsp3) is 0.538. The minimum absolute atomic E-state index is 0.567. The van der Waals surface area contributed by atoms with Gasteiger partial charge >= 0.3 is 6.09 Å². The van der Waals surface area contributed by atoms with Gasteiger partial charge in [-0.2, -0.15) is 0 Å². The van der Waals surface area contributed by atoms with E-state index in [2.05, 4.69) is 27.0 Å². The second-order valence-electron chi connectivity index (χ2n) is 4.14. The van der Waals surface area contributed by atoms with Crippen molar-refractivity contribution in [1.82, 2.24) is 4.90 Å². The number of hydrogen-bond donors (Lipinski definition) is 1. The lowest BCUT2D eigenvalue weighted by atomic mass is 10.2. The number of amides is 1. The molecule has 0 unspecified atom stereocenters. The maximum atomic E-state index is 10.9. The van der Waals surface area contributed by atoms with Crippen molar-refractivity contribution in [2.45, 2.75) is 32.6 Å². The quantitative estimate of drug-likeness (QED) is 0.758. The van der Waals surface area contributed by atoms with Crippen molar-refractivity contribution < 1.29 is 9.90 Å². The molecule has 0 saturated heterocycles. The minimum Gasteiger partial charge on any atom is -0.465 e. The van der Waals surface area contributed by atoms with E-state index in [1.165, 1.54) is 4.90 Å². The molecule has 1 rings (SSSR count). The van der Waals surface area contributed by atoms with E-state index < -0.39 is 6.09 Å². The molecule has 1 amide bonds. The van der Waals surface area contributed by atoms with E-state index in [0.29, 0.717) is 13.1 Å². The molecule has 1 heterocycles. The third-order valence-corrected chi connectivity index (χ3v) is 3.11. The monoisotopic (exact) mass is 314 g/mol. The summed E-state index contributed by atoms with van der Waals surface area (Å²) in [5.41, 5.74) is 0.998. The normalized spacial score (nSPS) is 14.8. The second kappa shape index (κ2) is 8.08. The van der Waals surface area contributed by atoms with Gasteiger partial charge in [-0.15, -0.1) is 0 Å². The van der Waals surface area contributed by atoms with Gasteiger partial charge in [0.25, 0.3) is 0 Å². The Labute approximate surface area is 116 Å². The Morgan fingerprint density at radius 2 is 2.33 bits per heavy atom. The van der Waals surface area contributed by atoms with E-state index >= 15 is 0 Å². The average molecular weight is 315 g/mol. The Kier molecular flexibility index (Phi) is 6.72. The Balaban J connectivity index is 2.40. The Morgan fingerprint density at radius 3 is 3.00 bits per heavy atom. The van der Waals surface area contributed by atoms with Crippen molar-refractivity contribution in [3.05, 3.63) is 22.8 Å². The first-order valence-corrected chi connectivity index (χ1v) is 7.00. The zero-order valence-corrected chi connectivity index (χ0v) is 12.2. The topological polar surface area (TPSA) is 52.9 Å². The fourth-order valence-corrected chi connectivity index (χ4v) is 2.17. The maximum Gasteiger partial charge on any atom is 0.407 e. The number of carboxylic acid groups (broad SMARTS) is 1. The molecule has 0 fully saturated rings. The molecule has 5 heteroatoms. The molecule has 0 aromatic carbocycles. The van der Waals surface area contributed by atoms with E-state index in [1.807, 2.05) is 19.1 Å². The molecule has 1 N–H and O–H groups in total. The number of nitrogens with zero attached hydrogens (tertiary/aromatic N) is 2. The van der Waals surface area contributed by atoms with E-state index in [0.717, 1.165) is 36.0 Å². The SMILES string of the molecule is CCCN(CCCC1=NC(Br)=CCC=C1)C(=O)O. The lowest BCUT2D eigenvalue weighted by Gasteiger charge is -2.17. The van der Waals surface area contributed by atoms with Gasteiger partial charge < -0.3 is 10.0 Å². The van der Waals surface area contributed by atoms with E-state index in [-0.39, 0.29) is 0 Å². The van der Waals surface area contributed by atoms with Gasteiger partial charge in [0.1, 0.15) is 4.61 Å². The van der Waals surface area contributed by atoms with Crippen molar-refractivity contribution in [2.24, 2.45) is 4.99 Å². The van der Waals surface area contributed by atoms with E-state index in [1.54, 1.807) is 0 Å². The Morgan fingerprint density at radius 1 is 1.56 bits per heavy atom. The van der Waals surface area contributed by atoms with Crippen molar-refractivity contribution in [2.75, 3.05) is 13.1 Å². The van der Waals surface area contributed by atoms with Crippen LogP contribution in [0.15, 0.2) is 27.8 Å². The molecule has 0 spiro atoms. The molecular formula is C13H19BrN2O2. The van der Waals surface area contributed by atoms with Crippen molar-refractivity contribution >= 4 is 27.7 Å². The maximum absolute atomic E-state index is 10.9. The highest BCUT2D eigenvalue weighted by atomic mass is 79.9. The standard InChI is InChI=1S/C13H19BrN2O2/c1-2-9-16(13(17)18)10-5-7-11-6-3-4-8-12(14)15-11/h3,6,8H,2,4-5,7,9-10H2,1H3,(H,17,18). The number of allylic oxidation sites excluding steroid dienone is 3. The summed E-state index contributed by atoms with van der Waals surface area (Å²) in [5.74, 6) is 0. The third-order valence-electron chi connectivity index (χ3n) is 2.61. The van der Waals surface area contributed by atoms with Gasteiger partial charge in [-0.1, -0.05) is 13.0 Å². The van der Waals surface area contributed by atoms with Crippen molar-refractivity contribution in [3.8, 4) is 0 Å². The number of carbonyl (C=O) groups is 1. The van der Waals surface area contributed by atoms with Gasteiger partial charge in [0.05, 0.1) is 0 Å². The van der Waals surface area contributed by atoms with Crippen LogP contribution in [0.5, 0.6) is 0 Å². The zero-order chi connectivity index (χ0) is 13.4. The summed E-state index contributed by atoms with van der Waals surface area (Å²) >= 11 is 3.38. The lowest BCUT2D eigenvalue weighted by molar-refractivity contribution is 0.145. The third kappa shape index (κ3) is 5.49. The largest absolute Gasteiger partial charge is 0.465 e. The van der Waals surface area contributed by atoms with Crippen LogP contribution in [0, 0.1) is 0 Å². The van der Waals surface area contributed by atoms with Crippen molar-refractivity contribution in [3.63, 3.8) is 0 Å². The average Bonchev–Trinajstić information content (AvgIpc) is 2.52. The summed E-state index contributed by atoms with van der Waals surface area (Å²) in [4.78, 5) is 16.8. The predicted octanol–water partition coefficient (Wildman–Crippen LogP) is 3.79. The molecule has 0 saturated carbocycles. The van der Waals surface area contributed by atoms with Crippen LogP contribution in [0.25, 0.3) is 0 Å². The van der Waals surface area contributed by atoms with Crippen LogP contribution < -0.4 is 0 Å². The molecule has 0 atom stereocenters. The molecule has 4 nitrogen and oxygen atoms in total. The summed E-state index contributed by atoms with van der Waals surface area (Å²) in [6, 6.07) is 0. The van der Waals surface area contributed by atoms with E-state index in [9.17, 15) is 4.79 Å². The summed E-state index contributed by atoms with van der Waals surface area (Å²) in [6.07, 6.45) is 8.57. The van der Waals surface area contributed by atoms with E-state index in [4.69, 9.17) is 5.11 Å². The molecule has 1 aliphatic rings. The first-order valence-electron chi connectivity index (χ1n) is 6.21. The number of rotatable bonds is 6. The van der Waals surface area contributed by atoms with Crippen LogP contribution in [0.4, 0.5) is 4.79 Å². The number of halogens is 1. The Hall–Kier alpha value is -1.10. The highest BCUT2D eigenvalue weighted by molar-refractivity contribution is 9.11. The van der Waals surface area contributed by atoms with Gasteiger partial charge in [0.2, 0.25) is 0 Å².